The maximum atomic E-state index is 12.0. The first-order chi connectivity index (χ1) is 11.9. The number of methoxy groups -OCH3 is 2. The van der Waals surface area contributed by atoms with Gasteiger partial charge >= 0.3 is 0 Å². The van der Waals surface area contributed by atoms with Crippen LogP contribution in [0.1, 0.15) is 11.1 Å². The highest BCUT2D eigenvalue weighted by Crippen LogP contribution is 2.33. The number of halogens is 3. The highest BCUT2D eigenvalue weighted by molar-refractivity contribution is 6.37. The summed E-state index contributed by atoms with van der Waals surface area (Å²) in [5.74, 6) is 0.688. The molecule has 0 radical (unpaired) electrons. The van der Waals surface area contributed by atoms with E-state index in [4.69, 9.17) is 44.3 Å². The SMILES string of the molecule is COc1ccc(Cl)c(CC(=O)N/N=C/c2cc(Cl)c(OC)c(Cl)c2)c1. The van der Waals surface area contributed by atoms with E-state index >= 15 is 0 Å². The molecule has 2 aromatic rings. The standard InChI is InChI=1S/C17H15Cl3N2O3/c1-24-12-3-4-13(18)11(7-12)8-16(23)22-21-9-10-5-14(19)17(25-2)15(20)6-10/h3-7,9H,8H2,1-2H3,(H,22,23)/b21-9+. The maximum Gasteiger partial charge on any atom is 0.244 e. The third-order valence-corrected chi connectivity index (χ3v) is 4.16. The normalized spacial score (nSPS) is 10.8. The second-order valence-electron chi connectivity index (χ2n) is 4.95. The van der Waals surface area contributed by atoms with Crippen molar-refractivity contribution in [2.45, 2.75) is 6.42 Å². The number of hydrogen-bond donors (Lipinski definition) is 1. The molecule has 0 spiro atoms. The third-order valence-electron chi connectivity index (χ3n) is 3.23. The highest BCUT2D eigenvalue weighted by atomic mass is 35.5. The van der Waals surface area contributed by atoms with Crippen molar-refractivity contribution in [1.29, 1.82) is 0 Å². The lowest BCUT2D eigenvalue weighted by Gasteiger charge is -2.07. The molecule has 0 saturated heterocycles. The van der Waals surface area contributed by atoms with E-state index in [2.05, 4.69) is 10.5 Å². The van der Waals surface area contributed by atoms with Gasteiger partial charge in [-0.05, 0) is 41.5 Å². The number of benzene rings is 2. The van der Waals surface area contributed by atoms with Crippen LogP contribution < -0.4 is 14.9 Å². The maximum absolute atomic E-state index is 12.0. The minimum atomic E-state index is -0.322. The van der Waals surface area contributed by atoms with Gasteiger partial charge in [0.25, 0.3) is 0 Å². The molecular weight excluding hydrogens is 387 g/mol. The van der Waals surface area contributed by atoms with Crippen LogP contribution >= 0.6 is 34.8 Å². The number of carbonyl (C=O) groups excluding carboxylic acids is 1. The van der Waals surface area contributed by atoms with Gasteiger partial charge in [0.2, 0.25) is 5.91 Å². The summed E-state index contributed by atoms with van der Waals surface area (Å²) in [6.07, 6.45) is 1.50. The van der Waals surface area contributed by atoms with Gasteiger partial charge in [-0.25, -0.2) is 5.43 Å². The average Bonchev–Trinajstić information content (AvgIpc) is 2.56. The van der Waals surface area contributed by atoms with E-state index in [0.29, 0.717) is 37.7 Å². The molecule has 2 aromatic carbocycles. The Balaban J connectivity index is 2.01. The zero-order chi connectivity index (χ0) is 18.4. The summed E-state index contributed by atoms with van der Waals surface area (Å²) >= 11 is 18.2. The molecule has 2 rings (SSSR count). The molecule has 8 heteroatoms. The van der Waals surface area contributed by atoms with Crippen LogP contribution in [0.3, 0.4) is 0 Å². The number of ether oxygens (including phenoxy) is 2. The molecule has 0 heterocycles. The van der Waals surface area contributed by atoms with Crippen molar-refractivity contribution in [3.05, 3.63) is 56.5 Å². The minimum absolute atomic E-state index is 0.0670. The fourth-order valence-electron chi connectivity index (χ4n) is 2.05. The van der Waals surface area contributed by atoms with E-state index in [9.17, 15) is 4.79 Å². The van der Waals surface area contributed by atoms with Crippen LogP contribution in [-0.2, 0) is 11.2 Å². The van der Waals surface area contributed by atoms with Gasteiger partial charge in [0.1, 0.15) is 5.75 Å². The topological polar surface area (TPSA) is 59.9 Å². The van der Waals surface area contributed by atoms with E-state index in [-0.39, 0.29) is 12.3 Å². The number of rotatable bonds is 6. The molecule has 0 bridgehead atoms. The molecule has 132 valence electrons. The zero-order valence-corrected chi connectivity index (χ0v) is 15.7. The van der Waals surface area contributed by atoms with Crippen LogP contribution in [0.5, 0.6) is 11.5 Å². The van der Waals surface area contributed by atoms with Crippen molar-refractivity contribution >= 4 is 46.9 Å². The zero-order valence-electron chi connectivity index (χ0n) is 13.5. The van der Waals surface area contributed by atoms with Crippen LogP contribution in [-0.4, -0.2) is 26.3 Å². The summed E-state index contributed by atoms with van der Waals surface area (Å²) in [5, 5.41) is 5.08. The predicted molar refractivity (Wildman–Crippen MR) is 100 cm³/mol. The number of hydrogen-bond acceptors (Lipinski definition) is 4. The van der Waals surface area contributed by atoms with Crippen LogP contribution in [0.2, 0.25) is 15.1 Å². The number of nitrogens with one attached hydrogen (secondary N) is 1. The monoisotopic (exact) mass is 400 g/mol. The van der Waals surface area contributed by atoms with E-state index < -0.39 is 0 Å². The first-order valence-corrected chi connectivity index (χ1v) is 8.25. The Hall–Kier alpha value is -1.95. The van der Waals surface area contributed by atoms with E-state index in [1.807, 2.05) is 0 Å². The average molecular weight is 402 g/mol. The molecule has 5 nitrogen and oxygen atoms in total. The molecule has 0 aliphatic carbocycles. The number of hydrazone groups is 1. The Morgan fingerprint density at radius 1 is 1.08 bits per heavy atom. The van der Waals surface area contributed by atoms with Crippen molar-refractivity contribution in [3.8, 4) is 11.5 Å². The Morgan fingerprint density at radius 3 is 2.36 bits per heavy atom. The first-order valence-electron chi connectivity index (χ1n) is 7.12. The molecule has 0 aliphatic heterocycles. The van der Waals surface area contributed by atoms with Crippen molar-refractivity contribution in [1.82, 2.24) is 5.43 Å². The molecule has 0 atom stereocenters. The number of nitrogens with zero attached hydrogens (tertiary/aromatic N) is 1. The summed E-state index contributed by atoms with van der Waals surface area (Å²) < 4.78 is 10.2. The van der Waals surface area contributed by atoms with E-state index in [0.717, 1.165) is 0 Å². The first kappa shape index (κ1) is 19.4. The lowest BCUT2D eigenvalue weighted by molar-refractivity contribution is -0.120. The molecule has 1 amide bonds. The molecule has 1 N–H and O–H groups in total. The van der Waals surface area contributed by atoms with Gasteiger partial charge in [0, 0.05) is 5.02 Å². The second-order valence-corrected chi connectivity index (χ2v) is 6.17. The Bertz CT molecular complexity index is 787. The van der Waals surface area contributed by atoms with Gasteiger partial charge in [-0.3, -0.25) is 4.79 Å². The largest absolute Gasteiger partial charge is 0.497 e. The predicted octanol–water partition coefficient (Wildman–Crippen LogP) is 4.36. The van der Waals surface area contributed by atoms with Crippen molar-refractivity contribution in [3.63, 3.8) is 0 Å². The van der Waals surface area contributed by atoms with Gasteiger partial charge in [0.15, 0.2) is 5.75 Å². The summed E-state index contributed by atoms with van der Waals surface area (Å²) in [6, 6.07) is 8.35. The summed E-state index contributed by atoms with van der Waals surface area (Å²) in [4.78, 5) is 12.0. The Kier molecular flexibility index (Phi) is 6.93. The highest BCUT2D eigenvalue weighted by Gasteiger charge is 2.09. The minimum Gasteiger partial charge on any atom is -0.497 e. The number of amides is 1. The summed E-state index contributed by atoms with van der Waals surface area (Å²) in [6.45, 7) is 0. The molecule has 0 aromatic heterocycles. The van der Waals surface area contributed by atoms with Gasteiger partial charge in [0.05, 0.1) is 36.9 Å². The van der Waals surface area contributed by atoms with Crippen molar-refractivity contribution in [2.24, 2.45) is 5.10 Å². The molecule has 0 fully saturated rings. The van der Waals surface area contributed by atoms with Crippen molar-refractivity contribution in [2.75, 3.05) is 14.2 Å². The summed E-state index contributed by atoms with van der Waals surface area (Å²) in [5.41, 5.74) is 3.69. The Morgan fingerprint density at radius 2 is 1.76 bits per heavy atom. The lowest BCUT2D eigenvalue weighted by Crippen LogP contribution is -2.20. The van der Waals surface area contributed by atoms with E-state index in [1.165, 1.54) is 13.3 Å². The third kappa shape index (κ3) is 5.26. The Labute approximate surface area is 160 Å². The molecule has 0 saturated carbocycles. The van der Waals surface area contributed by atoms with Crippen LogP contribution in [0, 0.1) is 0 Å². The molecule has 0 aliphatic rings. The van der Waals surface area contributed by atoms with Crippen LogP contribution in [0.4, 0.5) is 0 Å². The van der Waals surface area contributed by atoms with Gasteiger partial charge in [-0.15, -0.1) is 0 Å². The van der Waals surface area contributed by atoms with Gasteiger partial charge in [-0.1, -0.05) is 34.8 Å². The molecular formula is C17H15Cl3N2O3. The van der Waals surface area contributed by atoms with Gasteiger partial charge < -0.3 is 9.47 Å². The van der Waals surface area contributed by atoms with Gasteiger partial charge in [-0.2, -0.15) is 5.10 Å². The van der Waals surface area contributed by atoms with E-state index in [1.54, 1.807) is 37.4 Å². The molecule has 0 unspecified atom stereocenters. The van der Waals surface area contributed by atoms with Crippen LogP contribution in [0.15, 0.2) is 35.4 Å². The van der Waals surface area contributed by atoms with Crippen LogP contribution in [0.25, 0.3) is 0 Å². The second kappa shape index (κ2) is 8.94. The summed E-state index contributed by atoms with van der Waals surface area (Å²) in [7, 11) is 3.02. The quantitative estimate of drug-likeness (QED) is 0.578. The lowest BCUT2D eigenvalue weighted by atomic mass is 10.1. The molecule has 25 heavy (non-hydrogen) atoms. The van der Waals surface area contributed by atoms with Crippen molar-refractivity contribution < 1.29 is 14.3 Å². The fourth-order valence-corrected chi connectivity index (χ4v) is 2.90. The number of carbonyl (C=O) groups is 1. The fraction of sp³-hybridized carbons (Fsp3) is 0.176. The smallest absolute Gasteiger partial charge is 0.244 e.